The van der Waals surface area contributed by atoms with Gasteiger partial charge in [0.25, 0.3) is 0 Å². The highest BCUT2D eigenvalue weighted by molar-refractivity contribution is 14.0. The van der Waals surface area contributed by atoms with E-state index in [9.17, 15) is 0 Å². The first-order valence-electron chi connectivity index (χ1n) is 9.51. The predicted octanol–water partition coefficient (Wildman–Crippen LogP) is 1.51. The average molecular weight is 476 g/mol. The molecule has 1 N–H and O–H groups in total. The number of morpholine rings is 1. The molecule has 3 heterocycles. The molecule has 2 unspecified atom stereocenters. The van der Waals surface area contributed by atoms with Crippen LogP contribution in [0.4, 0.5) is 0 Å². The molecule has 26 heavy (non-hydrogen) atoms. The minimum absolute atomic E-state index is 0. The summed E-state index contributed by atoms with van der Waals surface area (Å²) in [5.41, 5.74) is 1.34. The summed E-state index contributed by atoms with van der Waals surface area (Å²) in [6.45, 7) is 11.9. The van der Waals surface area contributed by atoms with Crippen molar-refractivity contribution in [3.05, 3.63) is 18.0 Å². The molecule has 1 aromatic heterocycles. The summed E-state index contributed by atoms with van der Waals surface area (Å²) in [4.78, 5) is 9.75. The summed E-state index contributed by atoms with van der Waals surface area (Å²) >= 11 is 0. The monoisotopic (exact) mass is 476 g/mol. The maximum Gasteiger partial charge on any atom is 0.193 e. The van der Waals surface area contributed by atoms with E-state index in [2.05, 4.69) is 40.3 Å². The fourth-order valence-electron chi connectivity index (χ4n) is 3.68. The fourth-order valence-corrected chi connectivity index (χ4v) is 3.68. The zero-order valence-electron chi connectivity index (χ0n) is 16.2. The number of guanidine groups is 1. The first-order chi connectivity index (χ1) is 12.2. The summed E-state index contributed by atoms with van der Waals surface area (Å²) in [6.07, 6.45) is 5.30. The van der Waals surface area contributed by atoms with E-state index in [0.29, 0.717) is 12.0 Å². The molecule has 2 aliphatic heterocycles. The Morgan fingerprint density at radius 2 is 2.27 bits per heavy atom. The predicted molar refractivity (Wildman–Crippen MR) is 115 cm³/mol. The highest BCUT2D eigenvalue weighted by Gasteiger charge is 2.27. The number of aliphatic imine (C=N–C) groups is 1. The number of aromatic nitrogens is 2. The van der Waals surface area contributed by atoms with Gasteiger partial charge in [0.15, 0.2) is 5.96 Å². The Bertz CT molecular complexity index is 578. The molecular formula is C18H33IN6O. The standard InChI is InChI=1S/C18H32N6O.HI/c1-4-19-18(20-6-8-23-9-10-25-14-15(23)2)24-7-5-16(13-24)17-11-21-22(3)12-17;/h11-12,15-16H,4-10,13-14H2,1-3H3,(H,19,20);1H. The number of hydrogen-bond donors (Lipinski definition) is 1. The molecule has 2 saturated heterocycles. The lowest BCUT2D eigenvalue weighted by atomic mass is 10.0. The molecule has 0 saturated carbocycles. The number of hydrogen-bond acceptors (Lipinski definition) is 4. The lowest BCUT2D eigenvalue weighted by Crippen LogP contribution is -2.45. The van der Waals surface area contributed by atoms with Crippen LogP contribution in [0.3, 0.4) is 0 Å². The van der Waals surface area contributed by atoms with Crippen molar-refractivity contribution in [2.24, 2.45) is 12.0 Å². The van der Waals surface area contributed by atoms with Gasteiger partial charge < -0.3 is 15.0 Å². The minimum Gasteiger partial charge on any atom is -0.379 e. The molecule has 0 radical (unpaired) electrons. The summed E-state index contributed by atoms with van der Waals surface area (Å²) in [6, 6.07) is 0.494. The Morgan fingerprint density at radius 1 is 1.42 bits per heavy atom. The molecule has 0 aromatic carbocycles. The van der Waals surface area contributed by atoms with E-state index in [0.717, 1.165) is 64.9 Å². The Hall–Kier alpha value is -0.870. The lowest BCUT2D eigenvalue weighted by molar-refractivity contribution is 0.00139. The summed E-state index contributed by atoms with van der Waals surface area (Å²) in [7, 11) is 1.98. The fraction of sp³-hybridized carbons (Fsp3) is 0.778. The van der Waals surface area contributed by atoms with Crippen LogP contribution in [-0.2, 0) is 11.8 Å². The second-order valence-electron chi connectivity index (χ2n) is 7.07. The Kier molecular flexibility index (Phi) is 8.62. The van der Waals surface area contributed by atoms with Crippen LogP contribution < -0.4 is 5.32 Å². The second-order valence-corrected chi connectivity index (χ2v) is 7.07. The van der Waals surface area contributed by atoms with Crippen LogP contribution in [0.15, 0.2) is 17.4 Å². The van der Waals surface area contributed by atoms with Gasteiger partial charge >= 0.3 is 0 Å². The maximum absolute atomic E-state index is 5.51. The van der Waals surface area contributed by atoms with Gasteiger partial charge in [-0.05, 0) is 25.8 Å². The zero-order valence-corrected chi connectivity index (χ0v) is 18.6. The minimum atomic E-state index is 0. The van der Waals surface area contributed by atoms with Gasteiger partial charge in [-0.3, -0.25) is 14.6 Å². The van der Waals surface area contributed by atoms with Crippen molar-refractivity contribution >= 4 is 29.9 Å². The number of likely N-dealkylation sites (tertiary alicyclic amines) is 1. The van der Waals surface area contributed by atoms with Gasteiger partial charge in [-0.25, -0.2) is 0 Å². The van der Waals surface area contributed by atoms with Gasteiger partial charge in [0, 0.05) is 57.9 Å². The first-order valence-corrected chi connectivity index (χ1v) is 9.51. The highest BCUT2D eigenvalue weighted by atomic mass is 127. The molecule has 8 heteroatoms. The van der Waals surface area contributed by atoms with Crippen molar-refractivity contribution in [3.63, 3.8) is 0 Å². The number of rotatable bonds is 5. The third kappa shape index (κ3) is 5.56. The Balaban J connectivity index is 0.00000243. The second kappa shape index (κ2) is 10.5. The van der Waals surface area contributed by atoms with E-state index in [1.165, 1.54) is 5.56 Å². The third-order valence-corrected chi connectivity index (χ3v) is 5.17. The van der Waals surface area contributed by atoms with E-state index in [4.69, 9.17) is 9.73 Å². The molecule has 1 aromatic rings. The lowest BCUT2D eigenvalue weighted by Gasteiger charge is -2.32. The van der Waals surface area contributed by atoms with Gasteiger partial charge in [0.05, 0.1) is 26.0 Å². The van der Waals surface area contributed by atoms with Crippen molar-refractivity contribution in [3.8, 4) is 0 Å². The molecule has 7 nitrogen and oxygen atoms in total. The highest BCUT2D eigenvalue weighted by Crippen LogP contribution is 2.26. The average Bonchev–Trinajstić information content (AvgIpc) is 3.24. The molecule has 3 rings (SSSR count). The quantitative estimate of drug-likeness (QED) is 0.397. The molecule has 0 bridgehead atoms. The van der Waals surface area contributed by atoms with Gasteiger partial charge in [-0.1, -0.05) is 0 Å². The van der Waals surface area contributed by atoms with Crippen molar-refractivity contribution in [2.45, 2.75) is 32.2 Å². The molecule has 0 spiro atoms. The van der Waals surface area contributed by atoms with Crippen molar-refractivity contribution in [1.82, 2.24) is 24.9 Å². The third-order valence-electron chi connectivity index (χ3n) is 5.17. The van der Waals surface area contributed by atoms with Crippen LogP contribution in [0.5, 0.6) is 0 Å². The molecule has 2 fully saturated rings. The number of nitrogens with zero attached hydrogens (tertiary/aromatic N) is 5. The van der Waals surface area contributed by atoms with Gasteiger partial charge in [0.1, 0.15) is 0 Å². The topological polar surface area (TPSA) is 57.9 Å². The van der Waals surface area contributed by atoms with E-state index < -0.39 is 0 Å². The first kappa shape index (κ1) is 21.4. The number of ether oxygens (including phenoxy) is 1. The van der Waals surface area contributed by atoms with Crippen LogP contribution in [0.2, 0.25) is 0 Å². The molecule has 0 amide bonds. The molecule has 2 aliphatic rings. The van der Waals surface area contributed by atoms with Crippen LogP contribution in [0.1, 0.15) is 31.7 Å². The van der Waals surface area contributed by atoms with Crippen LogP contribution in [0.25, 0.3) is 0 Å². The Labute approximate surface area is 174 Å². The normalized spacial score (nSPS) is 24.6. The van der Waals surface area contributed by atoms with Crippen LogP contribution in [0, 0.1) is 0 Å². The van der Waals surface area contributed by atoms with Gasteiger partial charge in [-0.2, -0.15) is 5.10 Å². The van der Waals surface area contributed by atoms with E-state index in [1.807, 2.05) is 17.9 Å². The molecule has 0 aliphatic carbocycles. The van der Waals surface area contributed by atoms with Gasteiger partial charge in [-0.15, -0.1) is 24.0 Å². The maximum atomic E-state index is 5.51. The molecule has 2 atom stereocenters. The SMILES string of the molecule is CCNC(=NCCN1CCOCC1C)N1CCC(c2cnn(C)c2)C1.I. The summed E-state index contributed by atoms with van der Waals surface area (Å²) < 4.78 is 7.40. The van der Waals surface area contributed by atoms with E-state index in [1.54, 1.807) is 0 Å². The molecular weight excluding hydrogens is 443 g/mol. The number of halogens is 1. The molecule has 148 valence electrons. The van der Waals surface area contributed by atoms with E-state index >= 15 is 0 Å². The number of aryl methyl sites for hydroxylation is 1. The Morgan fingerprint density at radius 3 is 2.96 bits per heavy atom. The van der Waals surface area contributed by atoms with Crippen molar-refractivity contribution in [1.29, 1.82) is 0 Å². The number of nitrogens with one attached hydrogen (secondary N) is 1. The smallest absolute Gasteiger partial charge is 0.193 e. The summed E-state index contributed by atoms with van der Waals surface area (Å²) in [5, 5.41) is 7.78. The van der Waals surface area contributed by atoms with Crippen LogP contribution in [-0.4, -0.2) is 84.1 Å². The van der Waals surface area contributed by atoms with Gasteiger partial charge in [0.2, 0.25) is 0 Å². The zero-order chi connectivity index (χ0) is 17.6. The van der Waals surface area contributed by atoms with Crippen LogP contribution >= 0.6 is 24.0 Å². The van der Waals surface area contributed by atoms with Crippen molar-refractivity contribution < 1.29 is 4.74 Å². The van der Waals surface area contributed by atoms with E-state index in [-0.39, 0.29) is 24.0 Å². The van der Waals surface area contributed by atoms with Crippen molar-refractivity contribution in [2.75, 3.05) is 52.5 Å². The summed E-state index contributed by atoms with van der Waals surface area (Å²) in [5.74, 6) is 1.60. The largest absolute Gasteiger partial charge is 0.379 e.